The van der Waals surface area contributed by atoms with Crippen LogP contribution in [0.5, 0.6) is 5.75 Å². The van der Waals surface area contributed by atoms with Crippen molar-refractivity contribution in [2.75, 3.05) is 12.0 Å². The molecule has 1 fully saturated rings. The normalized spacial score (nSPS) is 20.0. The fourth-order valence-corrected chi connectivity index (χ4v) is 2.82. The van der Waals surface area contributed by atoms with Gasteiger partial charge in [-0.15, -0.1) is 0 Å². The molecule has 1 saturated carbocycles. The maximum atomic E-state index is 12.5. The maximum absolute atomic E-state index is 12.5. The molecule has 3 rings (SSSR count). The third-order valence-corrected chi connectivity index (χ3v) is 3.87. The zero-order valence-electron chi connectivity index (χ0n) is 10.5. The van der Waals surface area contributed by atoms with Gasteiger partial charge in [-0.05, 0) is 38.3 Å². The SMILES string of the molecule is COc1ccc2c(c1)N(C(C)C)C(=O)C21CC1. The highest BCUT2D eigenvalue weighted by atomic mass is 16.5. The lowest BCUT2D eigenvalue weighted by atomic mass is 9.98. The molecular weight excluding hydrogens is 214 g/mol. The molecule has 3 nitrogen and oxygen atoms in total. The van der Waals surface area contributed by atoms with Crippen molar-refractivity contribution in [3.05, 3.63) is 23.8 Å². The number of carbonyl (C=O) groups is 1. The van der Waals surface area contributed by atoms with E-state index in [1.807, 2.05) is 17.0 Å². The number of amides is 1. The maximum Gasteiger partial charge on any atom is 0.237 e. The van der Waals surface area contributed by atoms with Crippen LogP contribution in [0.3, 0.4) is 0 Å². The number of carbonyl (C=O) groups excluding carboxylic acids is 1. The van der Waals surface area contributed by atoms with Crippen molar-refractivity contribution in [3.63, 3.8) is 0 Å². The summed E-state index contributed by atoms with van der Waals surface area (Å²) in [7, 11) is 1.66. The van der Waals surface area contributed by atoms with E-state index in [1.54, 1.807) is 7.11 Å². The van der Waals surface area contributed by atoms with Crippen LogP contribution in [-0.2, 0) is 10.2 Å². The molecule has 0 radical (unpaired) electrons. The van der Waals surface area contributed by atoms with Gasteiger partial charge in [0.15, 0.2) is 0 Å². The molecular formula is C14H17NO2. The van der Waals surface area contributed by atoms with Crippen molar-refractivity contribution in [3.8, 4) is 5.75 Å². The quantitative estimate of drug-likeness (QED) is 0.782. The summed E-state index contributed by atoms with van der Waals surface area (Å²) in [6.07, 6.45) is 1.99. The highest BCUT2D eigenvalue weighted by molar-refractivity contribution is 6.10. The lowest BCUT2D eigenvalue weighted by Crippen LogP contribution is -2.37. The highest BCUT2D eigenvalue weighted by Gasteiger charge is 2.59. The fourth-order valence-electron chi connectivity index (χ4n) is 2.82. The summed E-state index contributed by atoms with van der Waals surface area (Å²) in [4.78, 5) is 14.4. The van der Waals surface area contributed by atoms with Crippen LogP contribution in [-0.4, -0.2) is 19.1 Å². The molecule has 1 amide bonds. The van der Waals surface area contributed by atoms with Gasteiger partial charge in [-0.2, -0.15) is 0 Å². The molecule has 17 heavy (non-hydrogen) atoms. The summed E-state index contributed by atoms with van der Waals surface area (Å²) in [5, 5.41) is 0. The van der Waals surface area contributed by atoms with Crippen molar-refractivity contribution >= 4 is 11.6 Å². The smallest absolute Gasteiger partial charge is 0.237 e. The molecule has 1 spiro atoms. The van der Waals surface area contributed by atoms with Gasteiger partial charge in [0.25, 0.3) is 0 Å². The third kappa shape index (κ3) is 1.25. The molecule has 1 aliphatic heterocycles. The average Bonchev–Trinajstić information content (AvgIpc) is 3.05. The first kappa shape index (κ1) is 10.6. The zero-order chi connectivity index (χ0) is 12.2. The number of fused-ring (bicyclic) bond motifs is 2. The Labute approximate surface area is 101 Å². The predicted molar refractivity (Wildman–Crippen MR) is 66.5 cm³/mol. The minimum atomic E-state index is -0.189. The number of methoxy groups -OCH3 is 1. The van der Waals surface area contributed by atoms with Crippen LogP contribution in [0.25, 0.3) is 0 Å². The number of hydrogen-bond acceptors (Lipinski definition) is 2. The van der Waals surface area contributed by atoms with Gasteiger partial charge in [0.2, 0.25) is 5.91 Å². The first-order valence-electron chi connectivity index (χ1n) is 6.12. The van der Waals surface area contributed by atoms with E-state index in [2.05, 4.69) is 19.9 Å². The zero-order valence-corrected chi connectivity index (χ0v) is 10.5. The second-order valence-electron chi connectivity index (χ2n) is 5.23. The Morgan fingerprint density at radius 2 is 2.06 bits per heavy atom. The molecule has 1 aromatic rings. The molecule has 1 heterocycles. The molecule has 0 saturated heterocycles. The molecule has 0 N–H and O–H groups in total. The summed E-state index contributed by atoms with van der Waals surface area (Å²) in [5.41, 5.74) is 2.05. The monoisotopic (exact) mass is 231 g/mol. The van der Waals surface area contributed by atoms with E-state index in [0.29, 0.717) is 0 Å². The van der Waals surface area contributed by atoms with E-state index in [1.165, 1.54) is 5.56 Å². The van der Waals surface area contributed by atoms with Gasteiger partial charge in [0.1, 0.15) is 5.75 Å². The summed E-state index contributed by atoms with van der Waals surface area (Å²) >= 11 is 0. The molecule has 0 bridgehead atoms. The Morgan fingerprint density at radius 3 is 2.59 bits per heavy atom. The topological polar surface area (TPSA) is 29.5 Å². The van der Waals surface area contributed by atoms with Gasteiger partial charge >= 0.3 is 0 Å². The molecule has 1 aromatic carbocycles. The molecule has 1 aliphatic carbocycles. The van der Waals surface area contributed by atoms with E-state index >= 15 is 0 Å². The number of anilines is 1. The largest absolute Gasteiger partial charge is 0.497 e. The minimum Gasteiger partial charge on any atom is -0.497 e. The van der Waals surface area contributed by atoms with Crippen LogP contribution in [0.1, 0.15) is 32.3 Å². The number of benzene rings is 1. The first-order chi connectivity index (χ1) is 8.10. The Hall–Kier alpha value is -1.51. The number of ether oxygens (including phenoxy) is 1. The van der Waals surface area contributed by atoms with E-state index in [0.717, 1.165) is 24.3 Å². The van der Waals surface area contributed by atoms with Gasteiger partial charge in [0.05, 0.1) is 18.2 Å². The van der Waals surface area contributed by atoms with Gasteiger partial charge in [0, 0.05) is 12.1 Å². The predicted octanol–water partition coefficient (Wildman–Crippen LogP) is 2.48. The molecule has 3 heteroatoms. The lowest BCUT2D eigenvalue weighted by molar-refractivity contribution is -0.120. The van der Waals surface area contributed by atoms with Crippen molar-refractivity contribution < 1.29 is 9.53 Å². The van der Waals surface area contributed by atoms with Crippen LogP contribution in [0.4, 0.5) is 5.69 Å². The van der Waals surface area contributed by atoms with Crippen LogP contribution in [0.15, 0.2) is 18.2 Å². The summed E-state index contributed by atoms with van der Waals surface area (Å²) in [6, 6.07) is 6.20. The van der Waals surface area contributed by atoms with Crippen LogP contribution < -0.4 is 9.64 Å². The average molecular weight is 231 g/mol. The Balaban J connectivity index is 2.16. The van der Waals surface area contributed by atoms with E-state index in [9.17, 15) is 4.79 Å². The van der Waals surface area contributed by atoms with Gasteiger partial charge in [-0.25, -0.2) is 0 Å². The number of rotatable bonds is 2. The molecule has 0 unspecified atom stereocenters. The van der Waals surface area contributed by atoms with Gasteiger partial charge in [-0.1, -0.05) is 6.07 Å². The van der Waals surface area contributed by atoms with E-state index in [-0.39, 0.29) is 17.4 Å². The summed E-state index contributed by atoms with van der Waals surface area (Å²) in [6.45, 7) is 4.12. The Morgan fingerprint density at radius 1 is 1.35 bits per heavy atom. The summed E-state index contributed by atoms with van der Waals surface area (Å²) in [5.74, 6) is 1.09. The van der Waals surface area contributed by atoms with E-state index < -0.39 is 0 Å². The van der Waals surface area contributed by atoms with Crippen molar-refractivity contribution in [1.29, 1.82) is 0 Å². The third-order valence-electron chi connectivity index (χ3n) is 3.87. The lowest BCUT2D eigenvalue weighted by Gasteiger charge is -2.22. The standard InChI is InChI=1S/C14H17NO2/c1-9(2)15-12-8-10(17-3)4-5-11(12)14(6-7-14)13(15)16/h4-5,8-9H,6-7H2,1-3H3. The van der Waals surface area contributed by atoms with Gasteiger partial charge in [-0.3, -0.25) is 4.79 Å². The number of hydrogen-bond donors (Lipinski definition) is 0. The first-order valence-corrected chi connectivity index (χ1v) is 6.12. The van der Waals surface area contributed by atoms with Crippen LogP contribution >= 0.6 is 0 Å². The Bertz CT molecular complexity index is 489. The molecule has 2 aliphatic rings. The second kappa shape index (κ2) is 3.25. The molecule has 90 valence electrons. The minimum absolute atomic E-state index is 0.189. The molecule has 0 aromatic heterocycles. The van der Waals surface area contributed by atoms with Crippen molar-refractivity contribution in [1.82, 2.24) is 0 Å². The highest BCUT2D eigenvalue weighted by Crippen LogP contribution is 2.58. The fraction of sp³-hybridized carbons (Fsp3) is 0.500. The van der Waals surface area contributed by atoms with Crippen LogP contribution in [0.2, 0.25) is 0 Å². The Kier molecular flexibility index (Phi) is 2.03. The van der Waals surface area contributed by atoms with Crippen LogP contribution in [0, 0.1) is 0 Å². The van der Waals surface area contributed by atoms with Crippen molar-refractivity contribution in [2.45, 2.75) is 38.1 Å². The van der Waals surface area contributed by atoms with Crippen molar-refractivity contribution in [2.24, 2.45) is 0 Å². The summed E-state index contributed by atoms with van der Waals surface area (Å²) < 4.78 is 5.25. The second-order valence-corrected chi connectivity index (χ2v) is 5.23. The number of nitrogens with zero attached hydrogens (tertiary/aromatic N) is 1. The molecule has 0 atom stereocenters. The van der Waals surface area contributed by atoms with E-state index in [4.69, 9.17) is 4.74 Å². The van der Waals surface area contributed by atoms with Gasteiger partial charge < -0.3 is 9.64 Å².